The van der Waals surface area contributed by atoms with Crippen molar-refractivity contribution in [3.63, 3.8) is 0 Å². The molecule has 1 unspecified atom stereocenters. The first-order valence-electron chi connectivity index (χ1n) is 6.95. The Morgan fingerprint density at radius 2 is 2.05 bits per heavy atom. The van der Waals surface area contributed by atoms with E-state index in [0.29, 0.717) is 5.16 Å². The van der Waals surface area contributed by atoms with Crippen molar-refractivity contribution < 1.29 is 0 Å². The van der Waals surface area contributed by atoms with Gasteiger partial charge in [-0.05, 0) is 38.9 Å². The number of benzene rings is 1. The Balaban J connectivity index is 2.16. The predicted octanol–water partition coefficient (Wildman–Crippen LogP) is 2.75. The van der Waals surface area contributed by atoms with Crippen LogP contribution in [0.3, 0.4) is 0 Å². The number of aromatic amines is 1. The van der Waals surface area contributed by atoms with Gasteiger partial charge in [-0.15, -0.1) is 0 Å². The summed E-state index contributed by atoms with van der Waals surface area (Å²) < 4.78 is 0. The molecule has 0 spiro atoms. The molecule has 1 aromatic carbocycles. The molecule has 2 rings (SSSR count). The minimum Gasteiger partial charge on any atom is -0.312 e. The minimum atomic E-state index is -0.0993. The van der Waals surface area contributed by atoms with Crippen molar-refractivity contribution in [3.05, 3.63) is 57.0 Å². The van der Waals surface area contributed by atoms with E-state index in [2.05, 4.69) is 47.3 Å². The minimum absolute atomic E-state index is 0.0993. The molecule has 0 aliphatic rings. The molecular weight excluding hydrogens is 282 g/mol. The SMILES string of the molecule is CNC(CSc1nc(C)cc(=O)[nH]1)c1cc(C)ccc1C. The van der Waals surface area contributed by atoms with Gasteiger partial charge in [0.05, 0.1) is 0 Å². The topological polar surface area (TPSA) is 57.8 Å². The van der Waals surface area contributed by atoms with Gasteiger partial charge in [-0.25, -0.2) is 4.98 Å². The van der Waals surface area contributed by atoms with Crippen LogP contribution >= 0.6 is 11.8 Å². The van der Waals surface area contributed by atoms with Gasteiger partial charge >= 0.3 is 0 Å². The van der Waals surface area contributed by atoms with Crippen LogP contribution in [0.4, 0.5) is 0 Å². The third-order valence-electron chi connectivity index (χ3n) is 3.39. The van der Waals surface area contributed by atoms with E-state index in [1.807, 2.05) is 14.0 Å². The van der Waals surface area contributed by atoms with Crippen LogP contribution in [0.2, 0.25) is 0 Å². The molecule has 1 atom stereocenters. The summed E-state index contributed by atoms with van der Waals surface area (Å²) in [6.45, 7) is 6.05. The van der Waals surface area contributed by atoms with E-state index in [1.165, 1.54) is 22.8 Å². The summed E-state index contributed by atoms with van der Waals surface area (Å²) >= 11 is 1.56. The predicted molar refractivity (Wildman–Crippen MR) is 88.0 cm³/mol. The van der Waals surface area contributed by atoms with E-state index in [0.717, 1.165) is 11.4 Å². The van der Waals surface area contributed by atoms with Crippen molar-refractivity contribution in [3.8, 4) is 0 Å². The third-order valence-corrected chi connectivity index (χ3v) is 4.36. The largest absolute Gasteiger partial charge is 0.312 e. The second kappa shape index (κ2) is 6.91. The van der Waals surface area contributed by atoms with Crippen LogP contribution in [0.1, 0.15) is 28.4 Å². The van der Waals surface area contributed by atoms with Gasteiger partial charge in [0.25, 0.3) is 5.56 Å². The highest BCUT2D eigenvalue weighted by Gasteiger charge is 2.13. The summed E-state index contributed by atoms with van der Waals surface area (Å²) in [5.41, 5.74) is 4.46. The zero-order valence-corrected chi connectivity index (χ0v) is 13.7. The first-order valence-corrected chi connectivity index (χ1v) is 7.93. The molecule has 0 fully saturated rings. The molecule has 0 aliphatic carbocycles. The van der Waals surface area contributed by atoms with Gasteiger partial charge in [0.15, 0.2) is 5.16 Å². The Hall–Kier alpha value is -1.59. The average Bonchev–Trinajstić information content (AvgIpc) is 2.42. The summed E-state index contributed by atoms with van der Waals surface area (Å²) in [4.78, 5) is 18.6. The Morgan fingerprint density at radius 1 is 1.29 bits per heavy atom. The quantitative estimate of drug-likeness (QED) is 0.659. The fourth-order valence-electron chi connectivity index (χ4n) is 2.25. The first kappa shape index (κ1) is 15.8. The Bertz CT molecular complexity index is 681. The number of H-pyrrole nitrogens is 1. The molecule has 0 radical (unpaired) electrons. The second-order valence-electron chi connectivity index (χ2n) is 5.20. The summed E-state index contributed by atoms with van der Waals surface area (Å²) in [6.07, 6.45) is 0. The number of rotatable bonds is 5. The van der Waals surface area contributed by atoms with E-state index in [-0.39, 0.29) is 11.6 Å². The van der Waals surface area contributed by atoms with E-state index >= 15 is 0 Å². The maximum Gasteiger partial charge on any atom is 0.251 e. The fraction of sp³-hybridized carbons (Fsp3) is 0.375. The van der Waals surface area contributed by atoms with Gasteiger partial charge in [-0.1, -0.05) is 35.5 Å². The van der Waals surface area contributed by atoms with Crippen molar-refractivity contribution in [1.82, 2.24) is 15.3 Å². The first-order chi connectivity index (χ1) is 9.99. The maximum atomic E-state index is 11.5. The lowest BCUT2D eigenvalue weighted by Gasteiger charge is -2.19. The zero-order chi connectivity index (χ0) is 15.4. The molecule has 2 N–H and O–H groups in total. The summed E-state index contributed by atoms with van der Waals surface area (Å²) in [5.74, 6) is 0.813. The van der Waals surface area contributed by atoms with Crippen LogP contribution in [0.15, 0.2) is 34.2 Å². The molecule has 0 saturated carbocycles. The number of hydrogen-bond donors (Lipinski definition) is 2. The highest BCUT2D eigenvalue weighted by Crippen LogP contribution is 2.25. The zero-order valence-electron chi connectivity index (χ0n) is 12.9. The van der Waals surface area contributed by atoms with E-state index in [4.69, 9.17) is 0 Å². The molecule has 0 aliphatic heterocycles. The summed E-state index contributed by atoms with van der Waals surface area (Å²) in [5, 5.41) is 4.02. The molecule has 21 heavy (non-hydrogen) atoms. The Morgan fingerprint density at radius 3 is 2.71 bits per heavy atom. The normalized spacial score (nSPS) is 12.4. The molecule has 0 amide bonds. The maximum absolute atomic E-state index is 11.5. The van der Waals surface area contributed by atoms with Crippen LogP contribution < -0.4 is 10.9 Å². The highest BCUT2D eigenvalue weighted by molar-refractivity contribution is 7.99. The number of hydrogen-bond acceptors (Lipinski definition) is 4. The number of thioether (sulfide) groups is 1. The third kappa shape index (κ3) is 4.19. The van der Waals surface area contributed by atoms with Gasteiger partial charge in [0, 0.05) is 23.6 Å². The average molecular weight is 303 g/mol. The standard InChI is InChI=1S/C16H21N3OS/c1-10-5-6-11(2)13(7-10)14(17-4)9-21-16-18-12(3)8-15(20)19-16/h5-8,14,17H,9H2,1-4H3,(H,18,19,20). The summed E-state index contributed by atoms with van der Waals surface area (Å²) in [6, 6.07) is 8.21. The highest BCUT2D eigenvalue weighted by atomic mass is 32.2. The molecule has 0 saturated heterocycles. The molecule has 112 valence electrons. The van der Waals surface area contributed by atoms with Crippen LogP contribution in [-0.2, 0) is 0 Å². The Labute approximate surface area is 129 Å². The van der Waals surface area contributed by atoms with Crippen LogP contribution in [0, 0.1) is 20.8 Å². The van der Waals surface area contributed by atoms with Crippen LogP contribution in [-0.4, -0.2) is 22.8 Å². The fourth-order valence-corrected chi connectivity index (χ4v) is 3.30. The van der Waals surface area contributed by atoms with Gasteiger partial charge in [-0.3, -0.25) is 4.79 Å². The van der Waals surface area contributed by atoms with Crippen molar-refractivity contribution in [2.24, 2.45) is 0 Å². The van der Waals surface area contributed by atoms with Crippen molar-refractivity contribution in [1.29, 1.82) is 0 Å². The number of nitrogens with zero attached hydrogens (tertiary/aromatic N) is 1. The van der Waals surface area contributed by atoms with Gasteiger partial charge < -0.3 is 10.3 Å². The van der Waals surface area contributed by atoms with Crippen molar-refractivity contribution in [2.45, 2.75) is 32.0 Å². The van der Waals surface area contributed by atoms with Crippen molar-refractivity contribution in [2.75, 3.05) is 12.8 Å². The van der Waals surface area contributed by atoms with Gasteiger partial charge in [-0.2, -0.15) is 0 Å². The molecule has 4 nitrogen and oxygen atoms in total. The lowest BCUT2D eigenvalue weighted by Crippen LogP contribution is -2.20. The lowest BCUT2D eigenvalue weighted by molar-refractivity contribution is 0.656. The molecule has 0 bridgehead atoms. The van der Waals surface area contributed by atoms with E-state index in [9.17, 15) is 4.79 Å². The Kier molecular flexibility index (Phi) is 5.20. The molecule has 1 heterocycles. The number of aromatic nitrogens is 2. The second-order valence-corrected chi connectivity index (χ2v) is 6.21. The monoisotopic (exact) mass is 303 g/mol. The van der Waals surface area contributed by atoms with Crippen LogP contribution in [0.25, 0.3) is 0 Å². The lowest BCUT2D eigenvalue weighted by atomic mass is 10.0. The smallest absolute Gasteiger partial charge is 0.251 e. The molecular formula is C16H21N3OS. The summed E-state index contributed by atoms with van der Waals surface area (Å²) in [7, 11) is 1.96. The molecule has 5 heteroatoms. The van der Waals surface area contributed by atoms with Gasteiger partial charge in [0.1, 0.15) is 0 Å². The van der Waals surface area contributed by atoms with E-state index < -0.39 is 0 Å². The van der Waals surface area contributed by atoms with Crippen molar-refractivity contribution >= 4 is 11.8 Å². The van der Waals surface area contributed by atoms with Gasteiger partial charge in [0.2, 0.25) is 0 Å². The van der Waals surface area contributed by atoms with E-state index in [1.54, 1.807) is 11.8 Å². The van der Waals surface area contributed by atoms with Crippen LogP contribution in [0.5, 0.6) is 0 Å². The number of aryl methyl sites for hydroxylation is 3. The molecule has 1 aromatic heterocycles. The molecule has 2 aromatic rings. The number of nitrogens with one attached hydrogen (secondary N) is 2.